The zero-order chi connectivity index (χ0) is 11.5. The van der Waals surface area contributed by atoms with Crippen LogP contribution in [0.3, 0.4) is 0 Å². The number of amides is 1. The van der Waals surface area contributed by atoms with Crippen molar-refractivity contribution in [2.45, 2.75) is 3.92 Å². The molecule has 15 heavy (non-hydrogen) atoms. The van der Waals surface area contributed by atoms with Gasteiger partial charge in [-0.25, -0.2) is 9.10 Å². The van der Waals surface area contributed by atoms with Crippen LogP contribution in [0.2, 0.25) is 0 Å². The van der Waals surface area contributed by atoms with Gasteiger partial charge in [-0.2, -0.15) is 4.39 Å². The first-order valence-corrected chi connectivity index (χ1v) is 5.27. The van der Waals surface area contributed by atoms with Crippen LogP contribution in [-0.4, -0.2) is 15.1 Å². The van der Waals surface area contributed by atoms with Gasteiger partial charge in [0.2, 0.25) is 0 Å². The minimum absolute atomic E-state index is 0.161. The molecule has 0 aliphatic heterocycles. The molecule has 0 unspecified atom stereocenters. The maximum atomic E-state index is 12.9. The maximum Gasteiger partial charge on any atom is 0.422 e. The number of hydrogen-bond donors (Lipinski definition) is 1. The second kappa shape index (κ2) is 4.92. The van der Waals surface area contributed by atoms with Gasteiger partial charge in [0.15, 0.2) is 0 Å². The smallest absolute Gasteiger partial charge is 0.422 e. The van der Waals surface area contributed by atoms with Crippen molar-refractivity contribution in [3.05, 3.63) is 30.3 Å². The fourth-order valence-corrected chi connectivity index (χ4v) is 1.80. The summed E-state index contributed by atoms with van der Waals surface area (Å²) in [4.78, 5) is 10.8. The Kier molecular flexibility index (Phi) is 4.07. The predicted octanol–water partition coefficient (Wildman–Crippen LogP) is 3.88. The molecule has 0 atom stereocenters. The number of halogens is 3. The van der Waals surface area contributed by atoms with E-state index in [2.05, 4.69) is 0 Å². The lowest BCUT2D eigenvalue weighted by Crippen LogP contribution is -2.25. The summed E-state index contributed by atoms with van der Waals surface area (Å²) in [7, 11) is 0. The van der Waals surface area contributed by atoms with E-state index in [0.29, 0.717) is 4.31 Å². The molecule has 7 heteroatoms. The lowest BCUT2D eigenvalue weighted by atomic mass is 10.3. The quantitative estimate of drug-likeness (QED) is 0.669. The van der Waals surface area contributed by atoms with E-state index in [4.69, 9.17) is 28.3 Å². The number of benzene rings is 1. The largest absolute Gasteiger partial charge is 0.464 e. The summed E-state index contributed by atoms with van der Waals surface area (Å²) in [5.41, 5.74) is 0.276. The van der Waals surface area contributed by atoms with Crippen molar-refractivity contribution >= 4 is 46.9 Å². The van der Waals surface area contributed by atoms with Gasteiger partial charge in [0, 0.05) is 11.9 Å². The Labute approximate surface area is 99.9 Å². The Morgan fingerprint density at radius 2 is 1.93 bits per heavy atom. The molecule has 1 aromatic carbocycles. The zero-order valence-electron chi connectivity index (χ0n) is 7.23. The standard InChI is InChI=1S/C8H6Cl2FNO2S/c9-8(10,11)15-12(7(13)14)6-4-2-1-3-5-6/h1-5H,(H,13,14). The van der Waals surface area contributed by atoms with Gasteiger partial charge in [0.25, 0.3) is 0 Å². The second-order valence-corrected chi connectivity index (χ2v) is 5.24. The lowest BCUT2D eigenvalue weighted by molar-refractivity contribution is 0.206. The molecule has 0 saturated heterocycles. The van der Waals surface area contributed by atoms with Gasteiger partial charge in [0.1, 0.15) is 0 Å². The number of anilines is 1. The van der Waals surface area contributed by atoms with Crippen LogP contribution in [-0.2, 0) is 0 Å². The van der Waals surface area contributed by atoms with Crippen molar-refractivity contribution in [2.75, 3.05) is 4.31 Å². The van der Waals surface area contributed by atoms with Crippen molar-refractivity contribution in [3.63, 3.8) is 0 Å². The van der Waals surface area contributed by atoms with E-state index < -0.39 is 10.0 Å². The van der Waals surface area contributed by atoms with Crippen molar-refractivity contribution in [2.24, 2.45) is 0 Å². The van der Waals surface area contributed by atoms with Gasteiger partial charge in [-0.3, -0.25) is 0 Å². The van der Waals surface area contributed by atoms with Gasteiger partial charge in [-0.15, -0.1) is 0 Å². The van der Waals surface area contributed by atoms with Crippen LogP contribution in [0.5, 0.6) is 0 Å². The molecule has 0 radical (unpaired) electrons. The summed E-state index contributed by atoms with van der Waals surface area (Å²) in [6.07, 6.45) is -1.35. The number of alkyl halides is 3. The molecule has 0 heterocycles. The van der Waals surface area contributed by atoms with Crippen LogP contribution >= 0.6 is 35.1 Å². The zero-order valence-corrected chi connectivity index (χ0v) is 9.56. The average Bonchev–Trinajstić information content (AvgIpc) is 2.14. The molecule has 0 aliphatic rings. The Morgan fingerprint density at radius 3 is 2.33 bits per heavy atom. The third-order valence-corrected chi connectivity index (χ3v) is 2.53. The van der Waals surface area contributed by atoms with E-state index in [0.717, 1.165) is 0 Å². The van der Waals surface area contributed by atoms with Crippen molar-refractivity contribution in [1.82, 2.24) is 0 Å². The monoisotopic (exact) mass is 269 g/mol. The molecule has 3 nitrogen and oxygen atoms in total. The van der Waals surface area contributed by atoms with Crippen LogP contribution < -0.4 is 4.31 Å². The summed E-state index contributed by atoms with van der Waals surface area (Å²) in [6, 6.07) is 7.95. The van der Waals surface area contributed by atoms with Crippen LogP contribution in [0, 0.1) is 0 Å². The van der Waals surface area contributed by atoms with E-state index in [1.807, 2.05) is 0 Å². The third-order valence-electron chi connectivity index (χ3n) is 1.36. The Morgan fingerprint density at radius 1 is 1.40 bits per heavy atom. The maximum absolute atomic E-state index is 12.9. The van der Waals surface area contributed by atoms with Gasteiger partial charge in [-0.05, 0) is 12.1 Å². The molecule has 0 bridgehead atoms. The summed E-state index contributed by atoms with van der Waals surface area (Å²) < 4.78 is 10.8. The summed E-state index contributed by atoms with van der Waals surface area (Å²) in [5, 5.41) is 8.81. The van der Waals surface area contributed by atoms with E-state index in [1.54, 1.807) is 18.2 Å². The highest BCUT2D eigenvalue weighted by atomic mass is 35.5. The third kappa shape index (κ3) is 4.15. The number of carboxylic acid groups (broad SMARTS) is 1. The molecule has 82 valence electrons. The van der Waals surface area contributed by atoms with E-state index in [1.165, 1.54) is 12.1 Å². The molecule has 0 saturated carbocycles. The van der Waals surface area contributed by atoms with Gasteiger partial charge >= 0.3 is 10.0 Å². The molecule has 1 rings (SSSR count). The van der Waals surface area contributed by atoms with Gasteiger partial charge < -0.3 is 5.11 Å². The van der Waals surface area contributed by atoms with Gasteiger partial charge in [0.05, 0.1) is 5.69 Å². The molecule has 0 aromatic heterocycles. The highest BCUT2D eigenvalue weighted by Gasteiger charge is 2.31. The number of nitrogens with zero attached hydrogens (tertiary/aromatic N) is 1. The fourth-order valence-electron chi connectivity index (χ4n) is 0.869. The molecular weight excluding hydrogens is 264 g/mol. The van der Waals surface area contributed by atoms with Crippen LogP contribution in [0.25, 0.3) is 0 Å². The minimum Gasteiger partial charge on any atom is -0.464 e. The Hall–Kier alpha value is -0.650. The lowest BCUT2D eigenvalue weighted by Gasteiger charge is -2.20. The first-order chi connectivity index (χ1) is 6.90. The minimum atomic E-state index is -2.69. The second-order valence-electron chi connectivity index (χ2n) is 2.45. The Balaban J connectivity index is 2.90. The van der Waals surface area contributed by atoms with E-state index in [-0.39, 0.29) is 17.6 Å². The van der Waals surface area contributed by atoms with Crippen LogP contribution in [0.15, 0.2) is 30.3 Å². The van der Waals surface area contributed by atoms with Gasteiger partial charge in [-0.1, -0.05) is 41.4 Å². The number of hydrogen-bond acceptors (Lipinski definition) is 2. The number of carbonyl (C=O) groups is 1. The molecule has 0 spiro atoms. The van der Waals surface area contributed by atoms with E-state index >= 15 is 0 Å². The predicted molar refractivity (Wildman–Crippen MR) is 60.1 cm³/mol. The number of rotatable bonds is 3. The molecule has 1 aromatic rings. The van der Waals surface area contributed by atoms with Crippen molar-refractivity contribution < 1.29 is 14.3 Å². The Bertz CT molecular complexity index is 344. The first-order valence-electron chi connectivity index (χ1n) is 3.74. The SMILES string of the molecule is O=C(O)N(SC(F)(Cl)Cl)c1ccccc1. The van der Waals surface area contributed by atoms with Crippen molar-refractivity contribution in [3.8, 4) is 0 Å². The summed E-state index contributed by atoms with van der Waals surface area (Å²) in [6.45, 7) is 0. The summed E-state index contributed by atoms with van der Waals surface area (Å²) >= 11 is 10.3. The van der Waals surface area contributed by atoms with Crippen LogP contribution in [0.1, 0.15) is 0 Å². The molecule has 1 N–H and O–H groups in total. The normalized spacial score (nSPS) is 11.1. The molecule has 1 amide bonds. The summed E-state index contributed by atoms with van der Waals surface area (Å²) in [5.74, 6) is 0. The average molecular weight is 270 g/mol. The topological polar surface area (TPSA) is 40.5 Å². The fraction of sp³-hybridized carbons (Fsp3) is 0.125. The molecule has 0 aliphatic carbocycles. The number of para-hydroxylation sites is 1. The highest BCUT2D eigenvalue weighted by Crippen LogP contribution is 2.40. The van der Waals surface area contributed by atoms with Crippen LogP contribution in [0.4, 0.5) is 14.9 Å². The highest BCUT2D eigenvalue weighted by molar-refractivity contribution is 8.04. The first kappa shape index (κ1) is 12.4. The van der Waals surface area contributed by atoms with E-state index in [9.17, 15) is 9.18 Å². The molecule has 0 fully saturated rings. The van der Waals surface area contributed by atoms with Crippen molar-refractivity contribution in [1.29, 1.82) is 0 Å². The molecular formula is C8H6Cl2FNO2S.